The number of amides is 1. The highest BCUT2D eigenvalue weighted by atomic mass is 32.2. The van der Waals surface area contributed by atoms with E-state index in [-0.39, 0.29) is 5.56 Å². The molecule has 2 heterocycles. The summed E-state index contributed by atoms with van der Waals surface area (Å²) in [4.78, 5) is 18.5. The van der Waals surface area contributed by atoms with E-state index < -0.39 is 26.4 Å². The number of halogens is 2. The van der Waals surface area contributed by atoms with Crippen LogP contribution in [0.15, 0.2) is 34.5 Å². The Morgan fingerprint density at radius 1 is 1.29 bits per heavy atom. The van der Waals surface area contributed by atoms with Gasteiger partial charge in [-0.15, -0.1) is 11.3 Å². The molecule has 0 bridgehead atoms. The van der Waals surface area contributed by atoms with Crippen LogP contribution in [0.25, 0.3) is 0 Å². The molecule has 0 aliphatic carbocycles. The maximum Gasteiger partial charge on any atom is 0.341 e. The van der Waals surface area contributed by atoms with Crippen LogP contribution in [0.2, 0.25) is 0 Å². The first-order valence-corrected chi connectivity index (χ1v) is 11.3. The van der Waals surface area contributed by atoms with Crippen LogP contribution in [0.3, 0.4) is 0 Å². The van der Waals surface area contributed by atoms with Crippen molar-refractivity contribution in [2.75, 3.05) is 18.4 Å². The minimum absolute atomic E-state index is 0.162. The van der Waals surface area contributed by atoms with Gasteiger partial charge in [-0.1, -0.05) is 6.92 Å². The fourth-order valence-electron chi connectivity index (χ4n) is 2.95. The molecule has 0 atom stereocenters. The molecule has 0 radical (unpaired) electrons. The first kappa shape index (κ1) is 20.8. The molecule has 1 fully saturated rings. The Morgan fingerprint density at radius 3 is 2.54 bits per heavy atom. The standard InChI is InChI=1S/C18H21F2N3O3S2/c1-12-6-8-23(9-7-12)10-14-11-27-18(21-14)22-16(24)13-2-4-15(5-3-13)28(25,26)17(19)20/h2-5,11-12,17H,6-10H2,1H3,(H,21,22,24). The number of nitrogens with one attached hydrogen (secondary N) is 1. The van der Waals surface area contributed by atoms with Crippen molar-refractivity contribution in [1.82, 2.24) is 9.88 Å². The van der Waals surface area contributed by atoms with Crippen LogP contribution in [-0.2, 0) is 16.4 Å². The third-order valence-corrected chi connectivity index (χ3v) is 6.92. The molecule has 0 saturated carbocycles. The van der Waals surface area contributed by atoms with Crippen molar-refractivity contribution in [2.24, 2.45) is 5.92 Å². The van der Waals surface area contributed by atoms with Gasteiger partial charge < -0.3 is 0 Å². The van der Waals surface area contributed by atoms with Gasteiger partial charge in [0.15, 0.2) is 5.13 Å². The number of hydrogen-bond donors (Lipinski definition) is 1. The Balaban J connectivity index is 1.60. The second-order valence-electron chi connectivity index (χ2n) is 6.89. The van der Waals surface area contributed by atoms with Gasteiger partial charge in [-0.25, -0.2) is 13.4 Å². The minimum Gasteiger partial charge on any atom is -0.298 e. The first-order chi connectivity index (χ1) is 13.3. The molecule has 1 aliphatic rings. The van der Waals surface area contributed by atoms with Gasteiger partial charge in [-0.05, 0) is 56.1 Å². The van der Waals surface area contributed by atoms with Gasteiger partial charge in [0.25, 0.3) is 5.91 Å². The number of nitrogens with zero attached hydrogens (tertiary/aromatic N) is 2. The van der Waals surface area contributed by atoms with Crippen molar-refractivity contribution in [3.05, 3.63) is 40.9 Å². The highest BCUT2D eigenvalue weighted by Gasteiger charge is 2.26. The molecule has 1 N–H and O–H groups in total. The molecule has 3 rings (SSSR count). The molecule has 1 aromatic carbocycles. The van der Waals surface area contributed by atoms with Crippen LogP contribution in [0.5, 0.6) is 0 Å². The molecule has 2 aromatic rings. The second-order valence-corrected chi connectivity index (χ2v) is 9.66. The van der Waals surface area contributed by atoms with Crippen molar-refractivity contribution in [1.29, 1.82) is 0 Å². The number of sulfone groups is 1. The number of piperidine rings is 1. The average Bonchev–Trinajstić information content (AvgIpc) is 3.10. The van der Waals surface area contributed by atoms with E-state index in [2.05, 4.69) is 22.1 Å². The van der Waals surface area contributed by atoms with Crippen LogP contribution in [0.4, 0.5) is 13.9 Å². The molecular weight excluding hydrogens is 408 g/mol. The summed E-state index contributed by atoms with van der Waals surface area (Å²) in [7, 11) is -4.67. The molecule has 1 aromatic heterocycles. The number of benzene rings is 1. The summed E-state index contributed by atoms with van der Waals surface area (Å²) in [5, 5.41) is 4.99. The van der Waals surface area contributed by atoms with E-state index in [0.717, 1.165) is 43.4 Å². The Kier molecular flexibility index (Phi) is 6.41. The number of rotatable bonds is 6. The van der Waals surface area contributed by atoms with Gasteiger partial charge in [-0.3, -0.25) is 15.0 Å². The number of carbonyl (C=O) groups is 1. The molecule has 10 heteroatoms. The molecule has 6 nitrogen and oxygen atoms in total. The van der Waals surface area contributed by atoms with E-state index in [1.54, 1.807) is 0 Å². The Bertz CT molecular complexity index is 922. The molecule has 0 unspecified atom stereocenters. The molecule has 28 heavy (non-hydrogen) atoms. The average molecular weight is 430 g/mol. The first-order valence-electron chi connectivity index (χ1n) is 8.86. The predicted molar refractivity (Wildman–Crippen MR) is 103 cm³/mol. The van der Waals surface area contributed by atoms with Crippen molar-refractivity contribution < 1.29 is 22.0 Å². The third-order valence-electron chi connectivity index (χ3n) is 4.71. The number of likely N-dealkylation sites (tertiary alicyclic amines) is 1. The highest BCUT2D eigenvalue weighted by Crippen LogP contribution is 2.22. The summed E-state index contributed by atoms with van der Waals surface area (Å²) >= 11 is 1.31. The summed E-state index contributed by atoms with van der Waals surface area (Å²) in [6, 6.07) is 4.41. The highest BCUT2D eigenvalue weighted by molar-refractivity contribution is 7.91. The number of carbonyl (C=O) groups excluding carboxylic acids is 1. The second kappa shape index (κ2) is 8.62. The van der Waals surface area contributed by atoms with E-state index in [9.17, 15) is 22.0 Å². The topological polar surface area (TPSA) is 79.4 Å². The van der Waals surface area contributed by atoms with E-state index in [1.165, 1.54) is 36.3 Å². The van der Waals surface area contributed by atoms with Crippen LogP contribution in [0.1, 0.15) is 35.8 Å². The normalized spacial score (nSPS) is 16.4. The van der Waals surface area contributed by atoms with Crippen LogP contribution >= 0.6 is 11.3 Å². The van der Waals surface area contributed by atoms with E-state index in [0.29, 0.717) is 5.13 Å². The number of anilines is 1. The zero-order valence-electron chi connectivity index (χ0n) is 15.3. The quantitative estimate of drug-likeness (QED) is 0.759. The van der Waals surface area contributed by atoms with Crippen LogP contribution < -0.4 is 5.32 Å². The lowest BCUT2D eigenvalue weighted by molar-refractivity contribution is 0.102. The van der Waals surface area contributed by atoms with Gasteiger partial charge in [0, 0.05) is 17.5 Å². The van der Waals surface area contributed by atoms with Crippen LogP contribution in [0, 0.1) is 5.92 Å². The van der Waals surface area contributed by atoms with Gasteiger partial charge in [0.05, 0.1) is 10.6 Å². The van der Waals surface area contributed by atoms with Crippen molar-refractivity contribution in [3.8, 4) is 0 Å². The summed E-state index contributed by atoms with van der Waals surface area (Å²) < 4.78 is 48.0. The fraction of sp³-hybridized carbons (Fsp3) is 0.444. The van der Waals surface area contributed by atoms with Gasteiger partial charge in [0.1, 0.15) is 0 Å². The van der Waals surface area contributed by atoms with Crippen molar-refractivity contribution in [2.45, 2.75) is 37.0 Å². The number of hydrogen-bond acceptors (Lipinski definition) is 6. The Labute approximate surface area is 166 Å². The molecule has 0 spiro atoms. The Morgan fingerprint density at radius 2 is 1.93 bits per heavy atom. The third kappa shape index (κ3) is 4.92. The zero-order chi connectivity index (χ0) is 20.3. The predicted octanol–water partition coefficient (Wildman–Crippen LogP) is 3.62. The van der Waals surface area contributed by atoms with E-state index in [4.69, 9.17) is 0 Å². The molecule has 152 valence electrons. The van der Waals surface area contributed by atoms with Crippen molar-refractivity contribution >= 4 is 32.2 Å². The molecule has 1 aliphatic heterocycles. The maximum absolute atomic E-state index is 12.6. The largest absolute Gasteiger partial charge is 0.341 e. The van der Waals surface area contributed by atoms with Gasteiger partial charge >= 0.3 is 5.76 Å². The van der Waals surface area contributed by atoms with E-state index in [1.807, 2.05) is 5.38 Å². The van der Waals surface area contributed by atoms with Gasteiger partial charge in [-0.2, -0.15) is 8.78 Å². The lowest BCUT2D eigenvalue weighted by atomic mass is 9.99. The molecule has 1 saturated heterocycles. The number of alkyl halides is 2. The lowest BCUT2D eigenvalue weighted by Gasteiger charge is -2.29. The van der Waals surface area contributed by atoms with Crippen LogP contribution in [-0.4, -0.2) is 43.1 Å². The maximum atomic E-state index is 12.6. The smallest absolute Gasteiger partial charge is 0.298 e. The Hall–Kier alpha value is -1.91. The van der Waals surface area contributed by atoms with E-state index >= 15 is 0 Å². The zero-order valence-corrected chi connectivity index (χ0v) is 16.9. The summed E-state index contributed by atoms with van der Waals surface area (Å²) in [5.41, 5.74) is 1.04. The lowest BCUT2D eigenvalue weighted by Crippen LogP contribution is -2.32. The minimum atomic E-state index is -4.67. The van der Waals surface area contributed by atoms with Gasteiger partial charge in [0.2, 0.25) is 9.84 Å². The monoisotopic (exact) mass is 429 g/mol. The number of aromatic nitrogens is 1. The molecule has 1 amide bonds. The fourth-order valence-corrected chi connectivity index (χ4v) is 4.37. The molecular formula is C18H21F2N3O3S2. The summed E-state index contributed by atoms with van der Waals surface area (Å²) in [5.74, 6) is -3.22. The summed E-state index contributed by atoms with van der Waals surface area (Å²) in [6.07, 6.45) is 2.34. The van der Waals surface area contributed by atoms with Crippen molar-refractivity contribution in [3.63, 3.8) is 0 Å². The summed E-state index contributed by atoms with van der Waals surface area (Å²) in [6.45, 7) is 5.06. The number of thiazole rings is 1. The SMILES string of the molecule is CC1CCN(Cc2csc(NC(=O)c3ccc(S(=O)(=O)C(F)F)cc3)n2)CC1.